The van der Waals surface area contributed by atoms with Crippen LogP contribution in [0.15, 0.2) is 6.07 Å². The molecule has 142 valence electrons. The highest BCUT2D eigenvalue weighted by atomic mass is 16.5. The fourth-order valence-corrected chi connectivity index (χ4v) is 4.12. The summed E-state index contributed by atoms with van der Waals surface area (Å²) >= 11 is 0. The summed E-state index contributed by atoms with van der Waals surface area (Å²) in [5.41, 5.74) is 1.41. The van der Waals surface area contributed by atoms with E-state index in [1.54, 1.807) is 0 Å². The van der Waals surface area contributed by atoms with E-state index in [1.165, 1.54) is 0 Å². The van der Waals surface area contributed by atoms with Crippen molar-refractivity contribution in [2.24, 2.45) is 5.41 Å². The molecule has 26 heavy (non-hydrogen) atoms. The molecule has 2 saturated heterocycles. The minimum atomic E-state index is -0.725. The molecule has 3 rings (SSSR count). The molecule has 3 heterocycles. The van der Waals surface area contributed by atoms with Crippen molar-refractivity contribution >= 4 is 5.82 Å². The monoisotopic (exact) mass is 358 g/mol. The Hall–Kier alpha value is -1.68. The van der Waals surface area contributed by atoms with E-state index in [0.29, 0.717) is 18.5 Å². The number of aliphatic hydroxyl groups is 1. The molecule has 6 heteroatoms. The number of morpholine rings is 1. The normalized spacial score (nSPS) is 26.5. The number of anilines is 1. The predicted octanol–water partition coefficient (Wildman–Crippen LogP) is 1.87. The van der Waals surface area contributed by atoms with E-state index in [-0.39, 0.29) is 5.41 Å². The maximum absolute atomic E-state index is 11.4. The molecule has 1 aromatic rings. The van der Waals surface area contributed by atoms with E-state index >= 15 is 0 Å². The van der Waals surface area contributed by atoms with Crippen LogP contribution in [0, 0.1) is 30.6 Å². The lowest BCUT2D eigenvalue weighted by Crippen LogP contribution is -2.62. The molecule has 1 N–H and O–H groups in total. The quantitative estimate of drug-likeness (QED) is 0.889. The molecule has 1 atom stereocenters. The molecule has 0 amide bonds. The van der Waals surface area contributed by atoms with Crippen LogP contribution in [0.5, 0.6) is 0 Å². The molecule has 6 nitrogen and oxygen atoms in total. The molecule has 0 bridgehead atoms. The summed E-state index contributed by atoms with van der Waals surface area (Å²) in [7, 11) is 0. The Kier molecular flexibility index (Phi) is 5.25. The van der Waals surface area contributed by atoms with Gasteiger partial charge in [0.15, 0.2) is 0 Å². The maximum atomic E-state index is 11.4. The maximum Gasteiger partial charge on any atom is 0.129 e. The summed E-state index contributed by atoms with van der Waals surface area (Å²) in [6.45, 7) is 13.6. The zero-order valence-corrected chi connectivity index (χ0v) is 16.4. The number of hydrogen-bond acceptors (Lipinski definition) is 6. The van der Waals surface area contributed by atoms with Crippen molar-refractivity contribution in [1.82, 2.24) is 9.88 Å². The molecule has 0 aliphatic carbocycles. The van der Waals surface area contributed by atoms with Crippen molar-refractivity contribution in [3.05, 3.63) is 22.9 Å². The van der Waals surface area contributed by atoms with E-state index in [4.69, 9.17) is 4.74 Å². The van der Waals surface area contributed by atoms with Crippen LogP contribution in [0.4, 0.5) is 5.82 Å². The first-order valence-electron chi connectivity index (χ1n) is 9.41. The van der Waals surface area contributed by atoms with Crippen molar-refractivity contribution in [2.45, 2.75) is 39.7 Å². The Labute approximate surface area is 156 Å². The Bertz CT molecular complexity index is 683. The summed E-state index contributed by atoms with van der Waals surface area (Å²) in [5, 5.41) is 20.7. The Balaban J connectivity index is 1.77. The molecule has 2 aliphatic heterocycles. The Morgan fingerprint density at radius 3 is 2.54 bits per heavy atom. The van der Waals surface area contributed by atoms with E-state index in [0.717, 1.165) is 56.5 Å². The number of hydrogen-bond donors (Lipinski definition) is 1. The van der Waals surface area contributed by atoms with Crippen LogP contribution in [0.1, 0.15) is 37.1 Å². The zero-order chi connectivity index (χ0) is 18.9. The fraction of sp³-hybridized carbons (Fsp3) is 0.700. The minimum absolute atomic E-state index is 0.263. The molecule has 2 fully saturated rings. The lowest BCUT2D eigenvalue weighted by molar-refractivity contribution is -0.111. The molecule has 2 aliphatic rings. The fourth-order valence-electron chi connectivity index (χ4n) is 4.12. The van der Waals surface area contributed by atoms with Crippen LogP contribution < -0.4 is 4.90 Å². The average molecular weight is 358 g/mol. The first-order chi connectivity index (χ1) is 12.3. The number of aryl methyl sites for hydroxylation is 2. The first kappa shape index (κ1) is 19.1. The van der Waals surface area contributed by atoms with Gasteiger partial charge < -0.3 is 14.7 Å². The van der Waals surface area contributed by atoms with Gasteiger partial charge in [-0.2, -0.15) is 5.26 Å². The third-order valence-electron chi connectivity index (χ3n) is 6.05. The number of aromatic nitrogens is 1. The number of nitrogens with zero attached hydrogens (tertiary/aromatic N) is 4. The molecule has 1 aromatic heterocycles. The van der Waals surface area contributed by atoms with Gasteiger partial charge >= 0.3 is 0 Å². The van der Waals surface area contributed by atoms with Crippen LogP contribution in [-0.4, -0.2) is 66.5 Å². The summed E-state index contributed by atoms with van der Waals surface area (Å²) < 4.78 is 5.43. The summed E-state index contributed by atoms with van der Waals surface area (Å²) in [6.07, 6.45) is 0.705. The number of nitriles is 1. The zero-order valence-electron chi connectivity index (χ0n) is 16.4. The minimum Gasteiger partial charge on any atom is -0.388 e. The van der Waals surface area contributed by atoms with Gasteiger partial charge in [-0.05, 0) is 31.9 Å². The molecular formula is C20H30N4O2. The van der Waals surface area contributed by atoms with Gasteiger partial charge in [0.05, 0.1) is 30.1 Å². The third-order valence-corrected chi connectivity index (χ3v) is 6.05. The molecular weight excluding hydrogens is 328 g/mol. The smallest absolute Gasteiger partial charge is 0.129 e. The second-order valence-corrected chi connectivity index (χ2v) is 8.35. The lowest BCUT2D eigenvalue weighted by Gasteiger charge is -2.52. The topological polar surface area (TPSA) is 72.6 Å². The van der Waals surface area contributed by atoms with Gasteiger partial charge in [0.1, 0.15) is 11.9 Å². The van der Waals surface area contributed by atoms with Gasteiger partial charge in [-0.25, -0.2) is 4.98 Å². The second-order valence-electron chi connectivity index (χ2n) is 8.35. The number of piperidine rings is 1. The standard InChI is InChI=1S/C20H30N4O2/c1-15-11-18(22-16(2)17(15)12-21)24-6-5-20(25,19(3,4)13-24)14-23-7-9-26-10-8-23/h11,25H,5-10,13-14H2,1-4H3. The van der Waals surface area contributed by atoms with E-state index < -0.39 is 5.60 Å². The van der Waals surface area contributed by atoms with E-state index in [1.807, 2.05) is 19.9 Å². The number of rotatable bonds is 3. The van der Waals surface area contributed by atoms with Gasteiger partial charge in [0.2, 0.25) is 0 Å². The largest absolute Gasteiger partial charge is 0.388 e. The third kappa shape index (κ3) is 3.57. The molecule has 1 unspecified atom stereocenters. The highest BCUT2D eigenvalue weighted by Crippen LogP contribution is 2.40. The molecule has 0 radical (unpaired) electrons. The van der Waals surface area contributed by atoms with Gasteiger partial charge in [0.25, 0.3) is 0 Å². The highest BCUT2D eigenvalue weighted by molar-refractivity contribution is 5.50. The highest BCUT2D eigenvalue weighted by Gasteiger charge is 2.48. The SMILES string of the molecule is Cc1cc(N2CCC(O)(CN3CCOCC3)C(C)(C)C2)nc(C)c1C#N. The van der Waals surface area contributed by atoms with Crippen molar-refractivity contribution in [2.75, 3.05) is 50.8 Å². The van der Waals surface area contributed by atoms with Crippen LogP contribution in [-0.2, 0) is 4.74 Å². The summed E-state index contributed by atoms with van der Waals surface area (Å²) in [6, 6.07) is 4.23. The second kappa shape index (κ2) is 7.15. The van der Waals surface area contributed by atoms with Crippen LogP contribution in [0.25, 0.3) is 0 Å². The molecule has 0 aromatic carbocycles. The van der Waals surface area contributed by atoms with Crippen LogP contribution >= 0.6 is 0 Å². The number of pyridine rings is 1. The van der Waals surface area contributed by atoms with E-state index in [2.05, 4.69) is 34.7 Å². The van der Waals surface area contributed by atoms with Crippen LogP contribution in [0.3, 0.4) is 0 Å². The number of β-amino-alcohol motifs (C(OH)–C–C–N with tert-alkyl or cyclic N) is 1. The van der Waals surface area contributed by atoms with Gasteiger partial charge in [-0.1, -0.05) is 13.8 Å². The lowest BCUT2D eigenvalue weighted by atomic mass is 9.69. The van der Waals surface area contributed by atoms with Gasteiger partial charge in [0, 0.05) is 38.1 Å². The number of ether oxygens (including phenoxy) is 1. The van der Waals surface area contributed by atoms with Crippen molar-refractivity contribution in [3.63, 3.8) is 0 Å². The van der Waals surface area contributed by atoms with E-state index in [9.17, 15) is 10.4 Å². The van der Waals surface area contributed by atoms with Crippen molar-refractivity contribution in [3.8, 4) is 6.07 Å². The average Bonchev–Trinajstić information content (AvgIpc) is 2.58. The van der Waals surface area contributed by atoms with Crippen molar-refractivity contribution < 1.29 is 9.84 Å². The first-order valence-corrected chi connectivity index (χ1v) is 9.41. The van der Waals surface area contributed by atoms with Gasteiger partial charge in [-0.3, -0.25) is 4.90 Å². The summed E-state index contributed by atoms with van der Waals surface area (Å²) in [4.78, 5) is 9.21. The summed E-state index contributed by atoms with van der Waals surface area (Å²) in [5.74, 6) is 0.903. The van der Waals surface area contributed by atoms with Crippen molar-refractivity contribution in [1.29, 1.82) is 5.26 Å². The van der Waals surface area contributed by atoms with Gasteiger partial charge in [-0.15, -0.1) is 0 Å². The van der Waals surface area contributed by atoms with Crippen LogP contribution in [0.2, 0.25) is 0 Å². The predicted molar refractivity (Wildman–Crippen MR) is 101 cm³/mol. The Morgan fingerprint density at radius 2 is 1.96 bits per heavy atom. The Morgan fingerprint density at radius 1 is 1.27 bits per heavy atom. The molecule has 0 spiro atoms. The molecule has 0 saturated carbocycles.